The molecule has 0 radical (unpaired) electrons. The molecular formula is C8H14FNO. The van der Waals surface area contributed by atoms with Gasteiger partial charge in [0.2, 0.25) is 5.91 Å². The highest BCUT2D eigenvalue weighted by Crippen LogP contribution is 2.01. The van der Waals surface area contributed by atoms with Crippen LogP contribution in [0.15, 0.2) is 11.9 Å². The summed E-state index contributed by atoms with van der Waals surface area (Å²) in [5.41, 5.74) is 0. The predicted octanol–water partition coefficient (Wildman–Crippen LogP) is 1.73. The number of allylic oxidation sites excluding steroid dienone is 1. The highest BCUT2D eigenvalue weighted by Gasteiger charge is 2.03. The van der Waals surface area contributed by atoms with Crippen molar-refractivity contribution in [3.63, 3.8) is 0 Å². The molecule has 11 heavy (non-hydrogen) atoms. The zero-order valence-corrected chi connectivity index (χ0v) is 7.22. The number of hydrogen-bond acceptors (Lipinski definition) is 1. The number of carbonyl (C=O) groups excluding carboxylic acids is 1. The summed E-state index contributed by atoms with van der Waals surface area (Å²) in [6, 6.07) is 0. The molecule has 0 atom stereocenters. The predicted molar refractivity (Wildman–Crippen MR) is 42.8 cm³/mol. The third kappa shape index (κ3) is 3.75. The summed E-state index contributed by atoms with van der Waals surface area (Å²) in [4.78, 5) is 12.4. The normalized spacial score (nSPS) is 11.5. The van der Waals surface area contributed by atoms with Crippen LogP contribution < -0.4 is 0 Å². The van der Waals surface area contributed by atoms with Crippen molar-refractivity contribution in [1.82, 2.24) is 4.90 Å². The van der Waals surface area contributed by atoms with E-state index in [1.165, 1.54) is 4.90 Å². The number of likely N-dealkylation sites (N-methyl/N-ethyl adjacent to an activating group) is 1. The molecule has 0 aliphatic rings. The van der Waals surface area contributed by atoms with E-state index in [4.69, 9.17) is 0 Å². The first-order valence-corrected chi connectivity index (χ1v) is 3.73. The molecule has 0 rings (SSSR count). The van der Waals surface area contributed by atoms with Gasteiger partial charge in [0.1, 0.15) is 5.83 Å². The SMILES string of the molecule is CC/C(F)=C\C(=O)N(C)CC. The van der Waals surface area contributed by atoms with Gasteiger partial charge < -0.3 is 4.90 Å². The molecule has 0 aromatic heterocycles. The molecule has 1 amide bonds. The number of halogens is 1. The van der Waals surface area contributed by atoms with Crippen molar-refractivity contribution in [1.29, 1.82) is 0 Å². The Morgan fingerprint density at radius 2 is 2.09 bits per heavy atom. The van der Waals surface area contributed by atoms with Crippen LogP contribution in [-0.2, 0) is 4.79 Å². The first-order valence-electron chi connectivity index (χ1n) is 3.73. The van der Waals surface area contributed by atoms with Crippen LogP contribution in [0.3, 0.4) is 0 Å². The summed E-state index contributed by atoms with van der Waals surface area (Å²) >= 11 is 0. The van der Waals surface area contributed by atoms with Crippen LogP contribution in [0.4, 0.5) is 4.39 Å². The Bertz CT molecular complexity index is 165. The number of hydrogen-bond donors (Lipinski definition) is 0. The quantitative estimate of drug-likeness (QED) is 0.574. The van der Waals surface area contributed by atoms with E-state index in [-0.39, 0.29) is 18.2 Å². The van der Waals surface area contributed by atoms with E-state index in [9.17, 15) is 9.18 Å². The summed E-state index contributed by atoms with van der Waals surface area (Å²) in [7, 11) is 1.64. The van der Waals surface area contributed by atoms with Gasteiger partial charge in [0.25, 0.3) is 0 Å². The molecule has 0 saturated heterocycles. The molecule has 0 aliphatic carbocycles. The van der Waals surface area contributed by atoms with Crippen molar-refractivity contribution >= 4 is 5.91 Å². The molecular weight excluding hydrogens is 145 g/mol. The highest BCUT2D eigenvalue weighted by molar-refractivity contribution is 5.87. The lowest BCUT2D eigenvalue weighted by Crippen LogP contribution is -2.24. The Labute approximate surface area is 66.7 Å². The molecule has 0 aliphatic heterocycles. The Kier molecular flexibility index (Phi) is 4.50. The third-order valence-corrected chi connectivity index (χ3v) is 1.47. The number of rotatable bonds is 3. The van der Waals surface area contributed by atoms with Crippen molar-refractivity contribution < 1.29 is 9.18 Å². The maximum Gasteiger partial charge on any atom is 0.248 e. The third-order valence-electron chi connectivity index (χ3n) is 1.47. The fourth-order valence-electron chi connectivity index (χ4n) is 0.502. The minimum Gasteiger partial charge on any atom is -0.342 e. The van der Waals surface area contributed by atoms with Crippen molar-refractivity contribution in [3.8, 4) is 0 Å². The zero-order valence-electron chi connectivity index (χ0n) is 7.22. The maximum absolute atomic E-state index is 12.5. The van der Waals surface area contributed by atoms with Gasteiger partial charge in [0.15, 0.2) is 0 Å². The molecule has 0 heterocycles. The largest absolute Gasteiger partial charge is 0.342 e. The summed E-state index contributed by atoms with van der Waals surface area (Å²) in [6.45, 7) is 4.12. The van der Waals surface area contributed by atoms with E-state index >= 15 is 0 Å². The highest BCUT2D eigenvalue weighted by atomic mass is 19.1. The van der Waals surface area contributed by atoms with Crippen LogP contribution in [0.5, 0.6) is 0 Å². The molecule has 0 aromatic rings. The summed E-state index contributed by atoms with van der Waals surface area (Å²) in [5, 5.41) is 0. The second-order valence-corrected chi connectivity index (χ2v) is 2.30. The van der Waals surface area contributed by atoms with E-state index < -0.39 is 0 Å². The minimum atomic E-state index is -0.365. The van der Waals surface area contributed by atoms with E-state index in [0.29, 0.717) is 6.54 Å². The lowest BCUT2D eigenvalue weighted by atomic mass is 10.3. The molecule has 0 saturated carbocycles. The van der Waals surface area contributed by atoms with Gasteiger partial charge in [-0.3, -0.25) is 4.79 Å². The zero-order chi connectivity index (χ0) is 8.85. The Hall–Kier alpha value is -0.860. The smallest absolute Gasteiger partial charge is 0.248 e. The summed E-state index contributed by atoms with van der Waals surface area (Å²) in [6.07, 6.45) is 1.31. The van der Waals surface area contributed by atoms with Crippen molar-refractivity contribution in [3.05, 3.63) is 11.9 Å². The molecule has 3 heteroatoms. The van der Waals surface area contributed by atoms with E-state index in [1.54, 1.807) is 14.0 Å². The lowest BCUT2D eigenvalue weighted by molar-refractivity contribution is -0.124. The second-order valence-electron chi connectivity index (χ2n) is 2.30. The van der Waals surface area contributed by atoms with Gasteiger partial charge in [-0.2, -0.15) is 0 Å². The Morgan fingerprint density at radius 1 is 1.55 bits per heavy atom. The minimum absolute atomic E-state index is 0.271. The molecule has 64 valence electrons. The first-order chi connectivity index (χ1) is 5.11. The van der Waals surface area contributed by atoms with Crippen LogP contribution in [0, 0.1) is 0 Å². The van der Waals surface area contributed by atoms with Gasteiger partial charge in [-0.05, 0) is 13.3 Å². The van der Waals surface area contributed by atoms with E-state index in [1.807, 2.05) is 6.92 Å². The molecule has 0 aromatic carbocycles. The van der Waals surface area contributed by atoms with Crippen molar-refractivity contribution in [2.75, 3.05) is 13.6 Å². The molecule has 0 N–H and O–H groups in total. The standard InChI is InChI=1S/C8H14FNO/c1-4-7(9)6-8(11)10(3)5-2/h6H,4-5H2,1-3H3/b7-6+. The molecule has 0 bridgehead atoms. The second kappa shape index (κ2) is 4.88. The fourth-order valence-corrected chi connectivity index (χ4v) is 0.502. The fraction of sp³-hybridized carbons (Fsp3) is 0.625. The molecule has 0 fully saturated rings. The number of carbonyl (C=O) groups is 1. The summed E-state index contributed by atoms with van der Waals surface area (Å²) in [5.74, 6) is -0.637. The van der Waals surface area contributed by atoms with Gasteiger partial charge in [0.05, 0.1) is 0 Å². The van der Waals surface area contributed by atoms with Crippen LogP contribution in [0.25, 0.3) is 0 Å². The number of nitrogens with zero attached hydrogens (tertiary/aromatic N) is 1. The van der Waals surface area contributed by atoms with E-state index in [2.05, 4.69) is 0 Å². The topological polar surface area (TPSA) is 20.3 Å². The van der Waals surface area contributed by atoms with Crippen LogP contribution in [0.2, 0.25) is 0 Å². The maximum atomic E-state index is 12.5. The van der Waals surface area contributed by atoms with Crippen LogP contribution in [-0.4, -0.2) is 24.4 Å². The van der Waals surface area contributed by atoms with E-state index in [0.717, 1.165) is 6.08 Å². The lowest BCUT2D eigenvalue weighted by Gasteiger charge is -2.10. The average Bonchev–Trinajstić information content (AvgIpc) is 2.02. The van der Waals surface area contributed by atoms with Gasteiger partial charge in [-0.15, -0.1) is 0 Å². The van der Waals surface area contributed by atoms with Gasteiger partial charge in [0, 0.05) is 19.7 Å². The van der Waals surface area contributed by atoms with Gasteiger partial charge >= 0.3 is 0 Å². The van der Waals surface area contributed by atoms with Gasteiger partial charge in [-0.25, -0.2) is 4.39 Å². The molecule has 0 spiro atoms. The first kappa shape index (κ1) is 10.1. The van der Waals surface area contributed by atoms with Crippen molar-refractivity contribution in [2.24, 2.45) is 0 Å². The summed E-state index contributed by atoms with van der Waals surface area (Å²) < 4.78 is 12.5. The van der Waals surface area contributed by atoms with Crippen LogP contribution >= 0.6 is 0 Å². The molecule has 2 nitrogen and oxygen atoms in total. The van der Waals surface area contributed by atoms with Gasteiger partial charge in [-0.1, -0.05) is 6.92 Å². The molecule has 0 unspecified atom stereocenters. The Morgan fingerprint density at radius 3 is 2.45 bits per heavy atom. The van der Waals surface area contributed by atoms with Crippen molar-refractivity contribution in [2.45, 2.75) is 20.3 Å². The monoisotopic (exact) mass is 159 g/mol. The Balaban J connectivity index is 4.05. The number of amides is 1. The average molecular weight is 159 g/mol. The van der Waals surface area contributed by atoms with Crippen LogP contribution in [0.1, 0.15) is 20.3 Å².